The minimum atomic E-state index is -1.06. The number of hydrogen-bond acceptors (Lipinski definition) is 5. The number of carbonyl (C=O) groups is 5. The zero-order valence-electron chi connectivity index (χ0n) is 23.6. The van der Waals surface area contributed by atoms with E-state index in [4.69, 9.17) is 0 Å². The van der Waals surface area contributed by atoms with E-state index in [1.807, 2.05) is 31.2 Å². The Labute approximate surface area is 243 Å². The van der Waals surface area contributed by atoms with Crippen LogP contribution in [0.1, 0.15) is 41.3 Å². The van der Waals surface area contributed by atoms with Crippen LogP contribution in [-0.2, 0) is 20.8 Å². The molecular weight excluding hydrogens is 538 g/mol. The second-order valence-corrected chi connectivity index (χ2v) is 10.1. The van der Waals surface area contributed by atoms with Crippen LogP contribution in [0.3, 0.4) is 0 Å². The second-order valence-electron chi connectivity index (χ2n) is 10.1. The van der Waals surface area contributed by atoms with Gasteiger partial charge in [-0.05, 0) is 60.9 Å². The lowest BCUT2D eigenvalue weighted by Crippen LogP contribution is -2.44. The molecule has 5 amide bonds. The van der Waals surface area contributed by atoms with Gasteiger partial charge >= 0.3 is 12.0 Å². The van der Waals surface area contributed by atoms with Gasteiger partial charge in [-0.1, -0.05) is 37.3 Å². The maximum atomic E-state index is 13.5. The number of aryl methyl sites for hydroxylation is 1. The fourth-order valence-corrected chi connectivity index (χ4v) is 4.76. The van der Waals surface area contributed by atoms with Crippen molar-refractivity contribution in [3.8, 4) is 0 Å². The summed E-state index contributed by atoms with van der Waals surface area (Å²) in [6.45, 7) is 3.42. The topological polar surface area (TPSA) is 148 Å². The van der Waals surface area contributed by atoms with Crippen molar-refractivity contribution >= 4 is 52.5 Å². The van der Waals surface area contributed by atoms with E-state index in [1.165, 1.54) is 15.9 Å². The molecule has 0 spiro atoms. The molecule has 4 rings (SSSR count). The lowest BCUT2D eigenvalue weighted by molar-refractivity contribution is -0.138. The Kier molecular flexibility index (Phi) is 9.21. The first-order valence-corrected chi connectivity index (χ1v) is 13.5. The molecule has 11 heteroatoms. The van der Waals surface area contributed by atoms with Gasteiger partial charge in [-0.25, -0.2) is 4.79 Å². The van der Waals surface area contributed by atoms with Crippen molar-refractivity contribution in [2.45, 2.75) is 39.2 Å². The average Bonchev–Trinajstić information content (AvgIpc) is 3.04. The van der Waals surface area contributed by atoms with Crippen molar-refractivity contribution in [3.63, 3.8) is 0 Å². The summed E-state index contributed by atoms with van der Waals surface area (Å²) in [5.41, 5.74) is 3.86. The second kappa shape index (κ2) is 13.0. The maximum Gasteiger partial charge on any atom is 0.323 e. The van der Waals surface area contributed by atoms with Crippen LogP contribution in [0.4, 0.5) is 27.5 Å². The number of nitrogens with zero attached hydrogens (tertiary/aromatic N) is 2. The summed E-state index contributed by atoms with van der Waals surface area (Å²) in [5, 5.41) is 17.6. The molecule has 11 nitrogen and oxygen atoms in total. The number of carboxylic acids is 1. The minimum absolute atomic E-state index is 0.0434. The molecule has 4 N–H and O–H groups in total. The normalized spacial score (nSPS) is 13.6. The summed E-state index contributed by atoms with van der Waals surface area (Å²) in [4.78, 5) is 65.4. The number of carboxylic acid groups (broad SMARTS) is 1. The van der Waals surface area contributed by atoms with E-state index >= 15 is 0 Å². The third-order valence-corrected chi connectivity index (χ3v) is 7.10. The van der Waals surface area contributed by atoms with Gasteiger partial charge in [0.2, 0.25) is 11.8 Å². The number of likely N-dealkylation sites (N-methyl/N-ethyl adjacent to an activating group) is 1. The third kappa shape index (κ3) is 7.11. The smallest absolute Gasteiger partial charge is 0.323 e. The molecule has 0 saturated heterocycles. The summed E-state index contributed by atoms with van der Waals surface area (Å²) in [5.74, 6) is -2.20. The van der Waals surface area contributed by atoms with Gasteiger partial charge in [0.05, 0.1) is 24.1 Å². The zero-order chi connectivity index (χ0) is 30.4. The van der Waals surface area contributed by atoms with Crippen LogP contribution >= 0.6 is 0 Å². The average molecular weight is 572 g/mol. The Hall–Kier alpha value is -5.19. The summed E-state index contributed by atoms with van der Waals surface area (Å²) in [6.07, 6.45) is 0.130. The summed E-state index contributed by atoms with van der Waals surface area (Å²) in [7, 11) is 1.55. The van der Waals surface area contributed by atoms with Crippen LogP contribution in [0.5, 0.6) is 0 Å². The molecule has 0 bridgehead atoms. The molecular formula is C31H33N5O6. The number of amides is 5. The Morgan fingerprint density at radius 3 is 2.29 bits per heavy atom. The molecule has 218 valence electrons. The van der Waals surface area contributed by atoms with Gasteiger partial charge in [-0.3, -0.25) is 19.2 Å². The number of aliphatic carboxylic acids is 1. The van der Waals surface area contributed by atoms with Crippen molar-refractivity contribution in [2.24, 2.45) is 0 Å². The number of nitrogens with one attached hydrogen (secondary N) is 3. The SMILES string of the molecule is CCC(CC(=O)O)N1CC(=O)N(C)c2ccc(NC(=O)Cc3ccc(NC(=O)Nc4ccccc4C)cc3)cc2C1=O. The highest BCUT2D eigenvalue weighted by molar-refractivity contribution is 6.10. The number of fused-ring (bicyclic) bond motifs is 1. The highest BCUT2D eigenvalue weighted by Gasteiger charge is 2.34. The maximum absolute atomic E-state index is 13.5. The highest BCUT2D eigenvalue weighted by Crippen LogP contribution is 2.29. The van der Waals surface area contributed by atoms with Crippen molar-refractivity contribution < 1.29 is 29.1 Å². The lowest BCUT2D eigenvalue weighted by atomic mass is 10.1. The molecule has 0 aromatic heterocycles. The van der Waals surface area contributed by atoms with Crippen molar-refractivity contribution in [1.82, 2.24) is 4.90 Å². The van der Waals surface area contributed by atoms with Crippen LogP contribution in [0.15, 0.2) is 66.7 Å². The first-order chi connectivity index (χ1) is 20.0. The molecule has 1 heterocycles. The van der Waals surface area contributed by atoms with E-state index in [0.29, 0.717) is 34.7 Å². The van der Waals surface area contributed by atoms with Gasteiger partial charge in [0, 0.05) is 30.2 Å². The zero-order valence-corrected chi connectivity index (χ0v) is 23.6. The predicted octanol–water partition coefficient (Wildman–Crippen LogP) is 4.49. The Morgan fingerprint density at radius 2 is 1.62 bits per heavy atom. The molecule has 3 aromatic rings. The van der Waals surface area contributed by atoms with Gasteiger partial charge in [0.25, 0.3) is 5.91 Å². The number of benzene rings is 3. The van der Waals surface area contributed by atoms with Crippen LogP contribution in [0.2, 0.25) is 0 Å². The third-order valence-electron chi connectivity index (χ3n) is 7.10. The van der Waals surface area contributed by atoms with Crippen LogP contribution in [-0.4, -0.2) is 59.4 Å². The molecule has 3 aromatic carbocycles. The molecule has 1 unspecified atom stereocenters. The standard InChI is InChI=1S/C31H33N5O6/c1-4-23(17-29(39)40)36-18-28(38)35(3)26-14-13-22(16-24(26)30(36)41)32-27(37)15-20-9-11-21(12-10-20)33-31(42)34-25-8-6-5-7-19(25)2/h5-14,16,23H,4,15,17-18H2,1-3H3,(H,32,37)(H,39,40)(H2,33,34,42). The summed E-state index contributed by atoms with van der Waals surface area (Å²) < 4.78 is 0. The lowest BCUT2D eigenvalue weighted by Gasteiger charge is -2.28. The molecule has 1 aliphatic rings. The number of hydrogen-bond donors (Lipinski definition) is 4. The van der Waals surface area contributed by atoms with Gasteiger partial charge in [-0.15, -0.1) is 0 Å². The van der Waals surface area contributed by atoms with Crippen LogP contribution in [0, 0.1) is 6.92 Å². The fraction of sp³-hybridized carbons (Fsp3) is 0.258. The van der Waals surface area contributed by atoms with E-state index in [-0.39, 0.29) is 42.8 Å². The Morgan fingerprint density at radius 1 is 0.929 bits per heavy atom. The minimum Gasteiger partial charge on any atom is -0.481 e. The number of anilines is 4. The van der Waals surface area contributed by atoms with Gasteiger partial charge in [0.1, 0.15) is 6.54 Å². The summed E-state index contributed by atoms with van der Waals surface area (Å²) >= 11 is 0. The van der Waals surface area contributed by atoms with E-state index in [1.54, 1.807) is 50.4 Å². The summed E-state index contributed by atoms with van der Waals surface area (Å²) in [6, 6.07) is 18.0. The number of urea groups is 1. The molecule has 0 fully saturated rings. The van der Waals surface area contributed by atoms with Crippen molar-refractivity contribution in [3.05, 3.63) is 83.4 Å². The molecule has 42 heavy (non-hydrogen) atoms. The van der Waals surface area contributed by atoms with E-state index in [0.717, 1.165) is 5.56 Å². The molecule has 1 aliphatic heterocycles. The highest BCUT2D eigenvalue weighted by atomic mass is 16.4. The molecule has 1 atom stereocenters. The molecule has 0 radical (unpaired) electrons. The van der Waals surface area contributed by atoms with Gasteiger partial charge in [-0.2, -0.15) is 0 Å². The van der Waals surface area contributed by atoms with Gasteiger partial charge < -0.3 is 30.9 Å². The fourth-order valence-electron chi connectivity index (χ4n) is 4.76. The predicted molar refractivity (Wildman–Crippen MR) is 160 cm³/mol. The van der Waals surface area contributed by atoms with Crippen molar-refractivity contribution in [2.75, 3.05) is 34.4 Å². The van der Waals surface area contributed by atoms with E-state index in [9.17, 15) is 29.1 Å². The first kappa shape index (κ1) is 29.8. The van der Waals surface area contributed by atoms with Gasteiger partial charge in [0.15, 0.2) is 0 Å². The number of para-hydroxylation sites is 1. The van der Waals surface area contributed by atoms with Crippen LogP contribution < -0.4 is 20.9 Å². The molecule has 0 saturated carbocycles. The Balaban J connectivity index is 1.42. The monoisotopic (exact) mass is 571 g/mol. The van der Waals surface area contributed by atoms with E-state index in [2.05, 4.69) is 16.0 Å². The quantitative estimate of drug-likeness (QED) is 0.297. The van der Waals surface area contributed by atoms with Crippen molar-refractivity contribution in [1.29, 1.82) is 0 Å². The van der Waals surface area contributed by atoms with E-state index < -0.39 is 17.9 Å². The first-order valence-electron chi connectivity index (χ1n) is 13.5. The number of carbonyl (C=O) groups excluding carboxylic acids is 4. The Bertz CT molecular complexity index is 1520. The molecule has 0 aliphatic carbocycles. The largest absolute Gasteiger partial charge is 0.481 e. The number of rotatable bonds is 9. The van der Waals surface area contributed by atoms with Crippen LogP contribution in [0.25, 0.3) is 0 Å².